The predicted molar refractivity (Wildman–Crippen MR) is 198 cm³/mol. The van der Waals surface area contributed by atoms with Crippen molar-refractivity contribution in [2.45, 2.75) is 128 Å². The number of unbranched alkanes of at least 4 members (excludes halogenated alkanes) is 9. The molecule has 1 fully saturated rings. The van der Waals surface area contributed by atoms with Crippen molar-refractivity contribution in [3.8, 4) is 22.6 Å². The van der Waals surface area contributed by atoms with E-state index in [0.29, 0.717) is 23.7 Å². The molecule has 0 radical (unpaired) electrons. The summed E-state index contributed by atoms with van der Waals surface area (Å²) in [5.41, 5.74) is 3.01. The van der Waals surface area contributed by atoms with E-state index >= 15 is 0 Å². The molecular weight excluding hydrogens is 635 g/mol. The summed E-state index contributed by atoms with van der Waals surface area (Å²) in [6.07, 6.45) is 19.7. The minimum Gasteiger partial charge on any atom is -0.494 e. The standard InChI is InChI=1S/C40H55N3O5S/c1-4-5-6-7-8-9-10-11-12-16-25-47-33-21-23-34(24-22-33)48-26-27-49(45,46)37-36(35-28-30(2)19-20-31(35)3)29-43-39(37)41-38(42-40(43)44)32-17-14-13-15-18-32/h19-24,28-29,32H,4-18,25-27H2,1-3H3,(H,41,42,44). The van der Waals surface area contributed by atoms with Crippen LogP contribution in [-0.4, -0.2) is 41.8 Å². The van der Waals surface area contributed by atoms with Gasteiger partial charge in [0, 0.05) is 17.7 Å². The molecule has 0 unspecified atom stereocenters. The number of hydrogen-bond donors (Lipinski definition) is 1. The summed E-state index contributed by atoms with van der Waals surface area (Å²) in [6, 6.07) is 13.3. The van der Waals surface area contributed by atoms with Crippen molar-refractivity contribution in [3.05, 3.63) is 76.1 Å². The number of H-pyrrole nitrogens is 1. The Balaban J connectivity index is 1.22. The number of benzene rings is 2. The molecular formula is C40H55N3O5S. The van der Waals surface area contributed by atoms with Crippen LogP contribution in [0.5, 0.6) is 11.5 Å². The molecule has 8 nitrogen and oxygen atoms in total. The molecule has 1 aliphatic rings. The van der Waals surface area contributed by atoms with E-state index in [-0.39, 0.29) is 34.5 Å². The summed E-state index contributed by atoms with van der Waals surface area (Å²) >= 11 is 0. The second-order valence-corrected chi connectivity index (χ2v) is 15.9. The lowest BCUT2D eigenvalue weighted by atomic mass is 9.89. The zero-order chi connectivity index (χ0) is 34.6. The molecule has 0 aliphatic heterocycles. The number of ether oxygens (including phenoxy) is 2. The summed E-state index contributed by atoms with van der Waals surface area (Å²) in [5.74, 6) is 1.79. The summed E-state index contributed by atoms with van der Waals surface area (Å²) < 4.78 is 41.5. The summed E-state index contributed by atoms with van der Waals surface area (Å²) in [5, 5.41) is 0. The van der Waals surface area contributed by atoms with E-state index in [2.05, 4.69) is 11.9 Å². The average molecular weight is 690 g/mol. The van der Waals surface area contributed by atoms with Crippen LogP contribution in [0.2, 0.25) is 0 Å². The van der Waals surface area contributed by atoms with Gasteiger partial charge in [-0.15, -0.1) is 0 Å². The van der Waals surface area contributed by atoms with Crippen LogP contribution in [0, 0.1) is 13.8 Å². The van der Waals surface area contributed by atoms with Gasteiger partial charge in [0.15, 0.2) is 15.5 Å². The van der Waals surface area contributed by atoms with Gasteiger partial charge in [-0.25, -0.2) is 18.2 Å². The second-order valence-electron chi connectivity index (χ2n) is 13.8. The molecule has 2 aromatic heterocycles. The van der Waals surface area contributed by atoms with Crippen LogP contribution in [0.15, 0.2) is 58.4 Å². The smallest absolute Gasteiger partial charge is 0.332 e. The van der Waals surface area contributed by atoms with Gasteiger partial charge < -0.3 is 9.47 Å². The van der Waals surface area contributed by atoms with E-state index in [0.717, 1.165) is 54.5 Å². The number of sulfone groups is 1. The van der Waals surface area contributed by atoms with Crippen molar-refractivity contribution >= 4 is 15.5 Å². The van der Waals surface area contributed by atoms with Gasteiger partial charge in [0.05, 0.1) is 12.4 Å². The fraction of sp³-hybridized carbons (Fsp3) is 0.550. The number of aromatic nitrogens is 3. The van der Waals surface area contributed by atoms with Crippen LogP contribution < -0.4 is 15.2 Å². The second kappa shape index (κ2) is 17.9. The average Bonchev–Trinajstić information content (AvgIpc) is 3.50. The van der Waals surface area contributed by atoms with Gasteiger partial charge in [-0.3, -0.25) is 9.38 Å². The maximum absolute atomic E-state index is 14.2. The van der Waals surface area contributed by atoms with Gasteiger partial charge in [-0.2, -0.15) is 0 Å². The Morgan fingerprint density at radius 2 is 1.41 bits per heavy atom. The molecule has 49 heavy (non-hydrogen) atoms. The van der Waals surface area contributed by atoms with Gasteiger partial charge in [0.25, 0.3) is 0 Å². The Morgan fingerprint density at radius 3 is 2.06 bits per heavy atom. The SMILES string of the molecule is CCCCCCCCCCCCOc1ccc(OCCS(=O)(=O)c2c(-c3cc(C)ccc3C)cn3c(=O)[nH]c(C4CCCCC4)nc23)cc1. The quantitative estimate of drug-likeness (QED) is 0.0984. The number of nitrogens with one attached hydrogen (secondary N) is 1. The van der Waals surface area contributed by atoms with Crippen molar-refractivity contribution in [2.75, 3.05) is 19.0 Å². The predicted octanol–water partition coefficient (Wildman–Crippen LogP) is 9.51. The Kier molecular flexibility index (Phi) is 13.4. The van der Waals surface area contributed by atoms with Gasteiger partial charge in [-0.05, 0) is 68.5 Å². The van der Waals surface area contributed by atoms with Gasteiger partial charge in [0.2, 0.25) is 0 Å². The molecule has 0 saturated heterocycles. The lowest BCUT2D eigenvalue weighted by Gasteiger charge is -2.20. The fourth-order valence-electron chi connectivity index (χ4n) is 6.93. The van der Waals surface area contributed by atoms with Gasteiger partial charge in [0.1, 0.15) is 28.8 Å². The van der Waals surface area contributed by atoms with E-state index < -0.39 is 9.84 Å². The molecule has 4 aromatic rings. The normalized spacial score (nSPS) is 14.0. The molecule has 5 rings (SSSR count). The summed E-state index contributed by atoms with van der Waals surface area (Å²) in [6.45, 7) is 6.82. The minimum atomic E-state index is -3.91. The van der Waals surface area contributed by atoms with E-state index in [1.807, 2.05) is 56.3 Å². The zero-order valence-electron chi connectivity index (χ0n) is 29.8. The number of aromatic amines is 1. The third-order valence-corrected chi connectivity index (χ3v) is 11.5. The maximum Gasteiger partial charge on any atom is 0.332 e. The number of hydrogen-bond acceptors (Lipinski definition) is 6. The lowest BCUT2D eigenvalue weighted by molar-refractivity contribution is 0.302. The van der Waals surface area contributed by atoms with Gasteiger partial charge in [-0.1, -0.05) is 108 Å². The van der Waals surface area contributed by atoms with E-state index in [1.54, 1.807) is 6.20 Å². The summed E-state index contributed by atoms with van der Waals surface area (Å²) in [4.78, 5) is 21.2. The van der Waals surface area contributed by atoms with E-state index in [1.165, 1.54) is 68.6 Å². The Hall–Kier alpha value is -3.59. The first-order valence-corrected chi connectivity index (χ1v) is 20.2. The van der Waals surface area contributed by atoms with Crippen molar-refractivity contribution in [1.82, 2.24) is 14.4 Å². The third-order valence-electron chi connectivity index (χ3n) is 9.81. The molecule has 266 valence electrons. The fourth-order valence-corrected chi connectivity index (χ4v) is 8.35. The van der Waals surface area contributed by atoms with Crippen molar-refractivity contribution in [1.29, 1.82) is 0 Å². The Morgan fingerprint density at radius 1 is 0.796 bits per heavy atom. The van der Waals surface area contributed by atoms with Crippen molar-refractivity contribution in [3.63, 3.8) is 0 Å². The number of fused-ring (bicyclic) bond motifs is 1. The molecule has 1 saturated carbocycles. The first kappa shape index (κ1) is 36.7. The van der Waals surface area contributed by atoms with Crippen LogP contribution in [0.4, 0.5) is 0 Å². The highest BCUT2D eigenvalue weighted by atomic mass is 32.2. The highest BCUT2D eigenvalue weighted by molar-refractivity contribution is 7.91. The van der Waals surface area contributed by atoms with E-state index in [4.69, 9.17) is 14.5 Å². The van der Waals surface area contributed by atoms with Crippen LogP contribution >= 0.6 is 0 Å². The van der Waals surface area contributed by atoms with Crippen LogP contribution in [-0.2, 0) is 9.84 Å². The summed E-state index contributed by atoms with van der Waals surface area (Å²) in [7, 11) is -3.91. The maximum atomic E-state index is 14.2. The Labute approximate surface area is 292 Å². The molecule has 0 atom stereocenters. The highest BCUT2D eigenvalue weighted by Crippen LogP contribution is 2.36. The largest absolute Gasteiger partial charge is 0.494 e. The monoisotopic (exact) mass is 689 g/mol. The Bertz CT molecular complexity index is 1800. The van der Waals surface area contributed by atoms with Gasteiger partial charge >= 0.3 is 5.69 Å². The molecule has 2 heterocycles. The van der Waals surface area contributed by atoms with Crippen molar-refractivity contribution < 1.29 is 17.9 Å². The van der Waals surface area contributed by atoms with Crippen LogP contribution in [0.3, 0.4) is 0 Å². The molecule has 0 bridgehead atoms. The number of nitrogens with zero attached hydrogens (tertiary/aromatic N) is 2. The van der Waals surface area contributed by atoms with Crippen molar-refractivity contribution in [2.24, 2.45) is 0 Å². The molecule has 0 amide bonds. The number of rotatable bonds is 19. The first-order valence-electron chi connectivity index (χ1n) is 18.6. The molecule has 1 aliphatic carbocycles. The molecule has 9 heteroatoms. The topological polar surface area (TPSA) is 103 Å². The van der Waals surface area contributed by atoms with Crippen LogP contribution in [0.25, 0.3) is 16.8 Å². The molecule has 2 aromatic carbocycles. The number of aryl methyl sites for hydroxylation is 2. The van der Waals surface area contributed by atoms with E-state index in [9.17, 15) is 13.2 Å². The lowest BCUT2D eigenvalue weighted by Crippen LogP contribution is -2.23. The third kappa shape index (κ3) is 9.99. The zero-order valence-corrected chi connectivity index (χ0v) is 30.6. The van der Waals surface area contributed by atoms with Crippen LogP contribution in [0.1, 0.15) is 126 Å². The highest BCUT2D eigenvalue weighted by Gasteiger charge is 2.29. The first-order chi connectivity index (χ1) is 23.8. The molecule has 1 N–H and O–H groups in total. The molecule has 0 spiro atoms. The minimum absolute atomic E-state index is 0.0383.